The van der Waals surface area contributed by atoms with Crippen molar-refractivity contribution in [3.8, 4) is 5.75 Å². The number of hydrogen-bond donors (Lipinski definition) is 1. The fourth-order valence-electron chi connectivity index (χ4n) is 2.54. The lowest BCUT2D eigenvalue weighted by atomic mass is 10.2. The van der Waals surface area contributed by atoms with Gasteiger partial charge in [0.15, 0.2) is 0 Å². The zero-order valence-corrected chi connectivity index (χ0v) is 13.4. The second-order valence-electron chi connectivity index (χ2n) is 5.70. The maximum atomic E-state index is 12.2. The fraction of sp³-hybridized carbons (Fsp3) is 0.529. The summed E-state index contributed by atoms with van der Waals surface area (Å²) in [6.45, 7) is 3.75. The van der Waals surface area contributed by atoms with E-state index in [1.807, 2.05) is 31.2 Å². The maximum absolute atomic E-state index is 12.2. The molecule has 0 aromatic heterocycles. The van der Waals surface area contributed by atoms with Crippen molar-refractivity contribution in [2.45, 2.75) is 32.3 Å². The van der Waals surface area contributed by atoms with Crippen LogP contribution in [0, 0.1) is 6.92 Å². The molecule has 1 atom stereocenters. The predicted octanol–water partition coefficient (Wildman–Crippen LogP) is 1.86. The summed E-state index contributed by atoms with van der Waals surface area (Å²) >= 11 is 0. The highest BCUT2D eigenvalue weighted by Crippen LogP contribution is 2.14. The number of rotatable bonds is 7. The Labute approximate surface area is 136 Å². The Balaban J connectivity index is 1.69. The van der Waals surface area contributed by atoms with Crippen LogP contribution in [0.25, 0.3) is 0 Å². The summed E-state index contributed by atoms with van der Waals surface area (Å²) < 4.78 is 11.0. The molecule has 0 bridgehead atoms. The van der Waals surface area contributed by atoms with Gasteiger partial charge in [-0.25, -0.2) is 0 Å². The standard InChI is InChI=1S/C17H23NO5/c1-13-4-2-5-14(10-13)22-8-3-6-16(19)18-7-9-23-15(12-18)11-17(20)21/h2,4-5,10,15H,3,6-9,11-12H2,1H3,(H,20,21)/t15-/m1/s1. The fourth-order valence-corrected chi connectivity index (χ4v) is 2.54. The number of morpholine rings is 1. The minimum atomic E-state index is -0.907. The van der Waals surface area contributed by atoms with Crippen LogP contribution in [0.4, 0.5) is 0 Å². The van der Waals surface area contributed by atoms with Crippen LogP contribution in [-0.4, -0.2) is 54.3 Å². The normalized spacial score (nSPS) is 17.8. The summed E-state index contributed by atoms with van der Waals surface area (Å²) in [4.78, 5) is 24.6. The van der Waals surface area contributed by atoms with Crippen LogP contribution in [-0.2, 0) is 14.3 Å². The molecule has 1 saturated heterocycles. The van der Waals surface area contributed by atoms with Gasteiger partial charge in [0.05, 0.1) is 25.7 Å². The molecule has 0 radical (unpaired) electrons. The van der Waals surface area contributed by atoms with Gasteiger partial charge in [-0.2, -0.15) is 0 Å². The lowest BCUT2D eigenvalue weighted by molar-refractivity contribution is -0.147. The van der Waals surface area contributed by atoms with Crippen molar-refractivity contribution in [3.05, 3.63) is 29.8 Å². The van der Waals surface area contributed by atoms with Crippen molar-refractivity contribution in [2.24, 2.45) is 0 Å². The van der Waals surface area contributed by atoms with Crippen LogP contribution >= 0.6 is 0 Å². The van der Waals surface area contributed by atoms with E-state index in [-0.39, 0.29) is 12.3 Å². The first kappa shape index (κ1) is 17.3. The third-order valence-corrected chi connectivity index (χ3v) is 3.69. The van der Waals surface area contributed by atoms with E-state index in [0.717, 1.165) is 11.3 Å². The van der Waals surface area contributed by atoms with Crippen molar-refractivity contribution in [3.63, 3.8) is 0 Å². The van der Waals surface area contributed by atoms with Crippen molar-refractivity contribution >= 4 is 11.9 Å². The second kappa shape index (κ2) is 8.53. The summed E-state index contributed by atoms with van der Waals surface area (Å²) in [5, 5.41) is 8.79. The molecule has 0 aliphatic carbocycles. The SMILES string of the molecule is Cc1cccc(OCCCC(=O)N2CCO[C@H](CC(=O)O)C2)c1. The van der Waals surface area contributed by atoms with Gasteiger partial charge in [-0.3, -0.25) is 9.59 Å². The number of carboxylic acids is 1. The molecule has 1 aromatic rings. The first-order valence-electron chi connectivity index (χ1n) is 7.85. The highest BCUT2D eigenvalue weighted by Gasteiger charge is 2.25. The van der Waals surface area contributed by atoms with Crippen LogP contribution in [0.3, 0.4) is 0 Å². The summed E-state index contributed by atoms with van der Waals surface area (Å²) in [7, 11) is 0. The monoisotopic (exact) mass is 321 g/mol. The quantitative estimate of drug-likeness (QED) is 0.776. The van der Waals surface area contributed by atoms with Gasteiger partial charge in [-0.1, -0.05) is 12.1 Å². The van der Waals surface area contributed by atoms with E-state index in [4.69, 9.17) is 14.6 Å². The smallest absolute Gasteiger partial charge is 0.306 e. The Bertz CT molecular complexity index is 546. The molecule has 126 valence electrons. The molecule has 2 rings (SSSR count). The molecule has 1 fully saturated rings. The van der Waals surface area contributed by atoms with Crippen LogP contribution in [0.15, 0.2) is 24.3 Å². The molecular weight excluding hydrogens is 298 g/mol. The molecule has 0 spiro atoms. The van der Waals surface area contributed by atoms with E-state index >= 15 is 0 Å². The number of aliphatic carboxylic acids is 1. The van der Waals surface area contributed by atoms with Gasteiger partial charge in [0.2, 0.25) is 5.91 Å². The summed E-state index contributed by atoms with van der Waals surface area (Å²) in [6, 6.07) is 7.79. The Kier molecular flexibility index (Phi) is 6.40. The highest BCUT2D eigenvalue weighted by atomic mass is 16.5. The molecular formula is C17H23NO5. The largest absolute Gasteiger partial charge is 0.494 e. The predicted molar refractivity (Wildman–Crippen MR) is 84.5 cm³/mol. The number of carboxylic acid groups (broad SMARTS) is 1. The zero-order valence-electron chi connectivity index (χ0n) is 13.4. The topological polar surface area (TPSA) is 76.1 Å². The summed E-state index contributed by atoms with van der Waals surface area (Å²) in [6.07, 6.45) is 0.549. The van der Waals surface area contributed by atoms with E-state index in [1.165, 1.54) is 0 Å². The Hall–Kier alpha value is -2.08. The molecule has 0 unspecified atom stereocenters. The number of aryl methyl sites for hydroxylation is 1. The van der Waals surface area contributed by atoms with Gasteiger partial charge < -0.3 is 19.5 Å². The van der Waals surface area contributed by atoms with E-state index in [9.17, 15) is 9.59 Å². The lowest BCUT2D eigenvalue weighted by Gasteiger charge is -2.32. The molecule has 1 N–H and O–H groups in total. The molecule has 1 aliphatic heterocycles. The highest BCUT2D eigenvalue weighted by molar-refractivity contribution is 5.76. The Morgan fingerprint density at radius 1 is 1.43 bits per heavy atom. The van der Waals surface area contributed by atoms with Gasteiger partial charge in [0, 0.05) is 19.5 Å². The van der Waals surface area contributed by atoms with E-state index < -0.39 is 12.1 Å². The number of carbonyl (C=O) groups excluding carboxylic acids is 1. The minimum Gasteiger partial charge on any atom is -0.494 e. The minimum absolute atomic E-state index is 0.0246. The van der Waals surface area contributed by atoms with Crippen molar-refractivity contribution in [1.82, 2.24) is 4.90 Å². The van der Waals surface area contributed by atoms with Crippen LogP contribution in [0.5, 0.6) is 5.75 Å². The summed E-state index contributed by atoms with van der Waals surface area (Å²) in [5.74, 6) is -0.0715. The average molecular weight is 321 g/mol. The number of amides is 1. The number of hydrogen-bond acceptors (Lipinski definition) is 4. The third-order valence-electron chi connectivity index (χ3n) is 3.69. The number of carbonyl (C=O) groups is 2. The van der Waals surface area contributed by atoms with Crippen molar-refractivity contribution in [1.29, 1.82) is 0 Å². The zero-order chi connectivity index (χ0) is 16.7. The molecule has 6 heteroatoms. The molecule has 1 amide bonds. The van der Waals surface area contributed by atoms with E-state index in [1.54, 1.807) is 4.90 Å². The first-order valence-corrected chi connectivity index (χ1v) is 7.85. The van der Waals surface area contributed by atoms with Crippen LogP contribution in [0.1, 0.15) is 24.8 Å². The number of benzene rings is 1. The molecule has 6 nitrogen and oxygen atoms in total. The van der Waals surface area contributed by atoms with E-state index in [2.05, 4.69) is 0 Å². The number of nitrogens with zero attached hydrogens (tertiary/aromatic N) is 1. The third kappa shape index (κ3) is 5.90. The van der Waals surface area contributed by atoms with E-state index in [0.29, 0.717) is 39.1 Å². The Morgan fingerprint density at radius 2 is 2.26 bits per heavy atom. The maximum Gasteiger partial charge on any atom is 0.306 e. The van der Waals surface area contributed by atoms with Gasteiger partial charge in [0.25, 0.3) is 0 Å². The number of ether oxygens (including phenoxy) is 2. The van der Waals surface area contributed by atoms with Crippen LogP contribution < -0.4 is 4.74 Å². The first-order chi connectivity index (χ1) is 11.0. The van der Waals surface area contributed by atoms with Crippen molar-refractivity contribution < 1.29 is 24.2 Å². The van der Waals surface area contributed by atoms with Crippen molar-refractivity contribution in [2.75, 3.05) is 26.3 Å². The molecule has 1 aliphatic rings. The molecule has 1 aromatic carbocycles. The second-order valence-corrected chi connectivity index (χ2v) is 5.70. The van der Waals surface area contributed by atoms with Gasteiger partial charge in [0.1, 0.15) is 5.75 Å². The average Bonchev–Trinajstić information content (AvgIpc) is 2.51. The Morgan fingerprint density at radius 3 is 3.00 bits per heavy atom. The molecule has 1 heterocycles. The van der Waals surface area contributed by atoms with Gasteiger partial charge >= 0.3 is 5.97 Å². The van der Waals surface area contributed by atoms with Gasteiger partial charge in [-0.15, -0.1) is 0 Å². The molecule has 23 heavy (non-hydrogen) atoms. The summed E-state index contributed by atoms with van der Waals surface area (Å²) in [5.41, 5.74) is 1.14. The lowest BCUT2D eigenvalue weighted by Crippen LogP contribution is -2.46. The van der Waals surface area contributed by atoms with Gasteiger partial charge in [-0.05, 0) is 31.0 Å². The van der Waals surface area contributed by atoms with Crippen LogP contribution in [0.2, 0.25) is 0 Å². The molecule has 0 saturated carbocycles.